The first-order valence-corrected chi connectivity index (χ1v) is 8.80. The number of amides is 1. The first-order chi connectivity index (χ1) is 9.43. The number of nitrogens with one attached hydrogen (secondary N) is 1. The lowest BCUT2D eigenvalue weighted by atomic mass is 9.59. The van der Waals surface area contributed by atoms with Crippen molar-refractivity contribution in [1.29, 1.82) is 0 Å². The van der Waals surface area contributed by atoms with Crippen LogP contribution in [0.25, 0.3) is 0 Å². The first-order valence-electron chi connectivity index (χ1n) is 7.20. The van der Waals surface area contributed by atoms with Crippen molar-refractivity contribution in [3.05, 3.63) is 0 Å². The predicted molar refractivity (Wildman–Crippen MR) is 75.7 cm³/mol. The smallest absolute Gasteiger partial charge is 0.246 e. The molecule has 6 nitrogen and oxygen atoms in total. The summed E-state index contributed by atoms with van der Waals surface area (Å²) in [4.78, 5) is 11.6. The van der Waals surface area contributed by atoms with Gasteiger partial charge in [-0.25, -0.2) is 12.7 Å². The molecule has 2 fully saturated rings. The van der Waals surface area contributed by atoms with E-state index in [0.29, 0.717) is 13.1 Å². The fraction of sp³-hybridized carbons (Fsp3) is 0.923. The van der Waals surface area contributed by atoms with Gasteiger partial charge in [-0.05, 0) is 38.0 Å². The second kappa shape index (κ2) is 5.99. The fourth-order valence-corrected chi connectivity index (χ4v) is 4.38. The van der Waals surface area contributed by atoms with Crippen LogP contribution in [0.4, 0.5) is 0 Å². The summed E-state index contributed by atoms with van der Waals surface area (Å²) < 4.78 is 30.1. The van der Waals surface area contributed by atoms with Gasteiger partial charge >= 0.3 is 0 Å². The van der Waals surface area contributed by atoms with Crippen LogP contribution >= 0.6 is 0 Å². The van der Waals surface area contributed by atoms with Crippen molar-refractivity contribution >= 4 is 15.9 Å². The van der Waals surface area contributed by atoms with Crippen molar-refractivity contribution in [3.8, 4) is 0 Å². The molecule has 0 aromatic carbocycles. The third-order valence-electron chi connectivity index (χ3n) is 4.76. The zero-order valence-electron chi connectivity index (χ0n) is 12.2. The zero-order valence-corrected chi connectivity index (χ0v) is 13.0. The normalized spacial score (nSPS) is 26.2. The summed E-state index contributed by atoms with van der Waals surface area (Å²) in [5.74, 6) is 0.0776. The molecule has 1 heterocycles. The number of carbonyl (C=O) groups is 1. The highest BCUT2D eigenvalue weighted by atomic mass is 32.2. The van der Waals surface area contributed by atoms with Crippen molar-refractivity contribution in [2.45, 2.75) is 38.6 Å². The van der Waals surface area contributed by atoms with Gasteiger partial charge in [0.25, 0.3) is 0 Å². The number of methoxy groups -OCH3 is 1. The summed E-state index contributed by atoms with van der Waals surface area (Å²) in [7, 11) is -1.57. The number of piperidine rings is 1. The maximum absolute atomic E-state index is 11.9. The molecule has 1 aliphatic heterocycles. The average molecular weight is 304 g/mol. The van der Waals surface area contributed by atoms with Crippen molar-refractivity contribution in [1.82, 2.24) is 9.62 Å². The fourth-order valence-electron chi connectivity index (χ4n) is 3.28. The summed E-state index contributed by atoms with van der Waals surface area (Å²) in [6.45, 7) is 2.92. The maximum atomic E-state index is 11.9. The minimum absolute atomic E-state index is 0.0832. The van der Waals surface area contributed by atoms with E-state index in [1.807, 2.05) is 0 Å². The Hall–Kier alpha value is -0.660. The molecule has 1 amide bonds. The van der Waals surface area contributed by atoms with Crippen LogP contribution in [-0.2, 0) is 19.6 Å². The monoisotopic (exact) mass is 304 g/mol. The Bertz CT molecular complexity index is 455. The van der Waals surface area contributed by atoms with Gasteiger partial charge in [0.05, 0.1) is 5.75 Å². The highest BCUT2D eigenvalue weighted by Gasteiger charge is 2.49. The number of sulfonamides is 1. The van der Waals surface area contributed by atoms with E-state index in [4.69, 9.17) is 4.74 Å². The highest BCUT2D eigenvalue weighted by Crippen LogP contribution is 2.49. The molecule has 1 saturated heterocycles. The number of hydrogen-bond donors (Lipinski definition) is 1. The lowest BCUT2D eigenvalue weighted by Gasteiger charge is -2.53. The molecule has 0 aromatic heterocycles. The molecule has 0 aromatic rings. The Morgan fingerprint density at radius 2 is 2.00 bits per heavy atom. The molecular formula is C13H24N2O4S. The summed E-state index contributed by atoms with van der Waals surface area (Å²) in [5.41, 5.74) is 0.100. The highest BCUT2D eigenvalue weighted by molar-refractivity contribution is 7.89. The molecule has 20 heavy (non-hydrogen) atoms. The van der Waals surface area contributed by atoms with E-state index in [1.54, 1.807) is 11.2 Å². The molecule has 1 spiro atoms. The standard InChI is InChI=1S/C13H24N2O4S/c1-3-20(17,18)15-8-6-13(7-9-15)5-4-11(13)14-12(16)10-19-2/h11H,3-10H2,1-2H3,(H,14,16). The Labute approximate surface area is 120 Å². The van der Waals surface area contributed by atoms with E-state index >= 15 is 0 Å². The van der Waals surface area contributed by atoms with Gasteiger partial charge in [-0.2, -0.15) is 0 Å². The van der Waals surface area contributed by atoms with Gasteiger partial charge < -0.3 is 10.1 Å². The van der Waals surface area contributed by atoms with Crippen LogP contribution in [0.1, 0.15) is 32.6 Å². The molecule has 1 unspecified atom stereocenters. The minimum Gasteiger partial charge on any atom is -0.375 e. The van der Waals surface area contributed by atoms with Gasteiger partial charge in [0, 0.05) is 26.2 Å². The molecule has 0 radical (unpaired) electrons. The number of ether oxygens (including phenoxy) is 1. The van der Waals surface area contributed by atoms with E-state index in [0.717, 1.165) is 25.7 Å². The quantitative estimate of drug-likeness (QED) is 0.795. The summed E-state index contributed by atoms with van der Waals surface area (Å²) >= 11 is 0. The van der Waals surface area contributed by atoms with E-state index in [9.17, 15) is 13.2 Å². The second-order valence-corrected chi connectivity index (χ2v) is 8.01. The number of hydrogen-bond acceptors (Lipinski definition) is 4. The van der Waals surface area contributed by atoms with Gasteiger partial charge in [-0.15, -0.1) is 0 Å². The second-order valence-electron chi connectivity index (χ2n) is 5.75. The lowest BCUT2D eigenvalue weighted by Crippen LogP contribution is -2.60. The molecule has 1 saturated carbocycles. The van der Waals surface area contributed by atoms with Gasteiger partial charge in [0.15, 0.2) is 0 Å². The van der Waals surface area contributed by atoms with Crippen LogP contribution in [0.5, 0.6) is 0 Å². The number of nitrogens with zero attached hydrogens (tertiary/aromatic N) is 1. The van der Waals surface area contributed by atoms with Crippen molar-refractivity contribution < 1.29 is 17.9 Å². The van der Waals surface area contributed by atoms with Crippen LogP contribution in [0, 0.1) is 5.41 Å². The van der Waals surface area contributed by atoms with E-state index in [2.05, 4.69) is 5.32 Å². The molecule has 7 heteroatoms. The topological polar surface area (TPSA) is 75.7 Å². The third kappa shape index (κ3) is 2.99. The Morgan fingerprint density at radius 3 is 2.45 bits per heavy atom. The molecule has 1 aliphatic carbocycles. The van der Waals surface area contributed by atoms with Crippen molar-refractivity contribution in [3.63, 3.8) is 0 Å². The third-order valence-corrected chi connectivity index (χ3v) is 6.64. The molecule has 2 rings (SSSR count). The summed E-state index contributed by atoms with van der Waals surface area (Å²) in [5, 5.41) is 3.01. The van der Waals surface area contributed by atoms with E-state index in [-0.39, 0.29) is 29.7 Å². The molecule has 0 bridgehead atoms. The van der Waals surface area contributed by atoms with Crippen LogP contribution in [0.15, 0.2) is 0 Å². The maximum Gasteiger partial charge on any atom is 0.246 e. The van der Waals surface area contributed by atoms with E-state index < -0.39 is 10.0 Å². The SMILES string of the molecule is CCS(=O)(=O)N1CCC2(CCC2NC(=O)COC)CC1. The largest absolute Gasteiger partial charge is 0.375 e. The first kappa shape index (κ1) is 15.7. The number of rotatable bonds is 5. The zero-order chi connectivity index (χ0) is 14.8. The summed E-state index contributed by atoms with van der Waals surface area (Å²) in [6, 6.07) is 0.177. The summed E-state index contributed by atoms with van der Waals surface area (Å²) in [6.07, 6.45) is 3.73. The van der Waals surface area contributed by atoms with Crippen molar-refractivity contribution in [2.24, 2.45) is 5.41 Å². The van der Waals surface area contributed by atoms with Crippen molar-refractivity contribution in [2.75, 3.05) is 32.6 Å². The van der Waals surface area contributed by atoms with Crippen LogP contribution in [0.2, 0.25) is 0 Å². The minimum atomic E-state index is -3.08. The molecule has 1 atom stereocenters. The molecule has 1 N–H and O–H groups in total. The van der Waals surface area contributed by atoms with Crippen LogP contribution in [0.3, 0.4) is 0 Å². The predicted octanol–water partition coefficient (Wildman–Crippen LogP) is 0.343. The number of carbonyl (C=O) groups excluding carboxylic acids is 1. The van der Waals surface area contributed by atoms with Gasteiger partial charge in [-0.3, -0.25) is 4.79 Å². The van der Waals surface area contributed by atoms with Crippen LogP contribution in [-0.4, -0.2) is 57.2 Å². The molecular weight excluding hydrogens is 280 g/mol. The van der Waals surface area contributed by atoms with Crippen LogP contribution < -0.4 is 5.32 Å². The molecule has 116 valence electrons. The molecule has 2 aliphatic rings. The van der Waals surface area contributed by atoms with E-state index in [1.165, 1.54) is 7.11 Å². The Balaban J connectivity index is 1.91. The van der Waals surface area contributed by atoms with Gasteiger partial charge in [0.1, 0.15) is 6.61 Å². The Morgan fingerprint density at radius 1 is 1.35 bits per heavy atom. The lowest BCUT2D eigenvalue weighted by molar-refractivity contribution is -0.128. The Kier molecular flexibility index (Phi) is 4.71. The van der Waals surface area contributed by atoms with Gasteiger partial charge in [-0.1, -0.05) is 0 Å². The average Bonchev–Trinajstić information content (AvgIpc) is 2.44. The van der Waals surface area contributed by atoms with Gasteiger partial charge in [0.2, 0.25) is 15.9 Å².